The Bertz CT molecular complexity index is 8790. The van der Waals surface area contributed by atoms with Gasteiger partial charge in [-0.2, -0.15) is 0 Å². The number of thiophene rings is 2. The van der Waals surface area contributed by atoms with Crippen LogP contribution in [0.5, 0.6) is 0 Å². The van der Waals surface area contributed by atoms with E-state index in [9.17, 15) is 0 Å². The summed E-state index contributed by atoms with van der Waals surface area (Å²) in [5, 5.41) is 19.7. The van der Waals surface area contributed by atoms with E-state index < -0.39 is 0 Å². The van der Waals surface area contributed by atoms with E-state index in [1.807, 2.05) is 108 Å². The van der Waals surface area contributed by atoms with Gasteiger partial charge in [0, 0.05) is 106 Å². The third-order valence-electron chi connectivity index (χ3n) is 24.4. The molecule has 0 spiro atoms. The zero-order valence-corrected chi connectivity index (χ0v) is 69.0. The molecule has 6 aromatic heterocycles. The Labute approximate surface area is 726 Å². The van der Waals surface area contributed by atoms with Gasteiger partial charge < -0.3 is 4.42 Å². The van der Waals surface area contributed by atoms with Gasteiger partial charge in [-0.1, -0.05) is 364 Å². The second-order valence-corrected chi connectivity index (χ2v) is 33.9. The van der Waals surface area contributed by atoms with Crippen LogP contribution in [0.3, 0.4) is 0 Å². The number of rotatable bonds is 9. The largest absolute Gasteiger partial charge is 0.455 e. The molecule has 0 bridgehead atoms. The van der Waals surface area contributed by atoms with Crippen molar-refractivity contribution in [2.75, 3.05) is 0 Å². The Balaban J connectivity index is 0.000000105. The molecule has 0 unspecified atom stereocenters. The Morgan fingerprint density at radius 1 is 0.184 bits per heavy atom. The highest BCUT2D eigenvalue weighted by Gasteiger charge is 2.23. The van der Waals surface area contributed by atoms with Crippen LogP contribution >= 0.6 is 22.7 Å². The topological polar surface area (TPSA) is 90.5 Å². The van der Waals surface area contributed by atoms with Crippen LogP contribution in [-0.2, 0) is 0 Å². The Morgan fingerprint density at radius 3 is 1.02 bits per heavy atom. The van der Waals surface area contributed by atoms with Gasteiger partial charge in [-0.05, 0) is 126 Å². The lowest BCUT2D eigenvalue weighted by Crippen LogP contribution is -1.96. The molecule has 20 aromatic carbocycles. The van der Waals surface area contributed by atoms with Gasteiger partial charge in [0.25, 0.3) is 0 Å². The molecule has 0 aliphatic carbocycles. The van der Waals surface area contributed by atoms with Crippen molar-refractivity contribution in [2.45, 2.75) is 0 Å². The molecule has 0 atom stereocenters. The Kier molecular flexibility index (Phi) is 17.8. The fourth-order valence-corrected chi connectivity index (χ4v) is 20.9. The van der Waals surface area contributed by atoms with Crippen LogP contribution in [0.15, 0.2) is 429 Å². The lowest BCUT2D eigenvalue weighted by atomic mass is 9.95. The predicted molar refractivity (Wildman–Crippen MR) is 528 cm³/mol. The van der Waals surface area contributed by atoms with Crippen LogP contribution in [0.25, 0.3) is 250 Å². The molecular weight excluding hydrogens is 1560 g/mol. The number of fused-ring (bicyclic) bond motifs is 21. The van der Waals surface area contributed by atoms with E-state index >= 15 is 0 Å². The molecular formula is C116H70N6OS2. The summed E-state index contributed by atoms with van der Waals surface area (Å²) >= 11 is 3.77. The number of hydrogen-bond acceptors (Lipinski definition) is 9. The van der Waals surface area contributed by atoms with E-state index in [1.54, 1.807) is 0 Å². The first-order chi connectivity index (χ1) is 61.9. The highest BCUT2D eigenvalue weighted by Crippen LogP contribution is 2.47. The number of aromatic nitrogens is 6. The number of benzene rings is 20. The smallest absolute Gasteiger partial charge is 0.143 e. The summed E-state index contributed by atoms with van der Waals surface area (Å²) in [5.41, 5.74) is 26.1. The number of para-hydroxylation sites is 5. The first kappa shape index (κ1) is 72.9. The maximum Gasteiger partial charge on any atom is 0.143 e. The van der Waals surface area contributed by atoms with E-state index in [0.717, 1.165) is 150 Å². The normalized spacial score (nSPS) is 11.7. The van der Waals surface area contributed by atoms with Crippen LogP contribution < -0.4 is 0 Å². The van der Waals surface area contributed by atoms with Gasteiger partial charge in [-0.15, -0.1) is 22.7 Å². The summed E-state index contributed by atoms with van der Waals surface area (Å²) in [7, 11) is 0. The molecule has 0 N–H and O–H groups in total. The molecule has 0 aliphatic heterocycles. The van der Waals surface area contributed by atoms with E-state index in [1.165, 1.54) is 100 Å². The molecule has 0 saturated heterocycles. The number of nitrogens with zero attached hydrogens (tertiary/aromatic N) is 6. The fourth-order valence-electron chi connectivity index (χ4n) is 18.3. The van der Waals surface area contributed by atoms with E-state index in [0.29, 0.717) is 0 Å². The summed E-state index contributed by atoms with van der Waals surface area (Å²) in [4.78, 5) is 30.9. The Morgan fingerprint density at radius 2 is 0.520 bits per heavy atom. The van der Waals surface area contributed by atoms with E-state index in [4.69, 9.17) is 34.3 Å². The average molecular weight is 1630 g/mol. The Hall–Kier alpha value is -16.0. The summed E-state index contributed by atoms with van der Waals surface area (Å²) in [6, 6.07) is 150. The predicted octanol–water partition coefficient (Wildman–Crippen LogP) is 32.3. The van der Waals surface area contributed by atoms with Crippen molar-refractivity contribution in [3.05, 3.63) is 425 Å². The maximum absolute atomic E-state index is 6.41. The molecule has 26 rings (SSSR count). The third-order valence-corrected chi connectivity index (χ3v) is 26.8. The molecule has 0 aliphatic rings. The highest BCUT2D eigenvalue weighted by atomic mass is 32.1. The summed E-state index contributed by atoms with van der Waals surface area (Å²) in [6.45, 7) is 0. The summed E-state index contributed by atoms with van der Waals surface area (Å²) < 4.78 is 11.7. The highest BCUT2D eigenvalue weighted by molar-refractivity contribution is 7.27. The standard InChI is InChI=1S/2C40H24N2S.C36H22N2O/c1-2-9-29-24-30(21-16-25(29)8-1)39-38(41-34-13-4-5-14-35(34)42-39)28-19-17-26(18-20-28)31-12-7-10-27-22-23-33-32-11-3-6-15-36(32)43-40(33)37(27)31;1-2-10-28(11-3-1)37-38(42-39-31-13-5-4-9-25(31)22-24-34(39)41-37)29-19-17-26(18-20-29)30-15-8-12-27-21-23-33-32-14-6-7-16-35(32)43-40(33)36(27)30;1-2-9-25(10-3-1)34-35(38-31-15-6-5-14-30(31)37-34)26-19-17-23(18-20-26)27-13-8-11-24-21-22-29-28-12-4-7-16-32(28)39-36(29)33(24)27/h2*1-24H;1-22H. The monoisotopic (exact) mass is 1630 g/mol. The van der Waals surface area contributed by atoms with Crippen molar-refractivity contribution in [1.29, 1.82) is 0 Å². The second-order valence-electron chi connectivity index (χ2n) is 31.8. The fraction of sp³-hybridized carbons (Fsp3) is 0. The minimum absolute atomic E-state index is 0.879. The first-order valence-corrected chi connectivity index (χ1v) is 43.7. The van der Waals surface area contributed by atoms with Crippen LogP contribution in [0, 0.1) is 0 Å². The van der Waals surface area contributed by atoms with Crippen LogP contribution in [0.2, 0.25) is 0 Å². The number of furan rings is 1. The van der Waals surface area contributed by atoms with Gasteiger partial charge in [-0.25, -0.2) is 29.9 Å². The van der Waals surface area contributed by atoms with Crippen LogP contribution in [-0.4, -0.2) is 29.9 Å². The second kappa shape index (κ2) is 30.6. The lowest BCUT2D eigenvalue weighted by molar-refractivity contribution is 0.673. The number of hydrogen-bond donors (Lipinski definition) is 0. The SMILES string of the molecule is c1ccc(-c2nc3ccc4ccccc4c3nc2-c2ccc(-c3cccc4ccc5c6ccccc6sc5c34)cc2)cc1.c1ccc(-c2nc3ccccc3nc2-c2ccc(-c3cccc4ccc5c6ccccc6oc5c34)cc2)cc1.c1ccc2cc(-c3nc4ccccc4nc3-c3ccc(-c4cccc5ccc6c7ccccc7sc6c45)cc3)ccc2c1. The maximum atomic E-state index is 6.41. The molecule has 26 aromatic rings. The quantitative estimate of drug-likeness (QED) is 0.133. The van der Waals surface area contributed by atoms with Crippen molar-refractivity contribution in [2.24, 2.45) is 0 Å². The van der Waals surface area contributed by atoms with Gasteiger partial charge >= 0.3 is 0 Å². The molecule has 7 nitrogen and oxygen atoms in total. The summed E-state index contributed by atoms with van der Waals surface area (Å²) in [6.07, 6.45) is 0. The van der Waals surface area contributed by atoms with Crippen molar-refractivity contribution in [1.82, 2.24) is 29.9 Å². The van der Waals surface area contributed by atoms with Crippen molar-refractivity contribution in [3.8, 4) is 101 Å². The van der Waals surface area contributed by atoms with Crippen molar-refractivity contribution >= 4 is 172 Å². The molecule has 582 valence electrons. The third kappa shape index (κ3) is 12.9. The molecule has 0 fully saturated rings. The van der Waals surface area contributed by atoms with Crippen LogP contribution in [0.4, 0.5) is 0 Å². The molecule has 9 heteroatoms. The van der Waals surface area contributed by atoms with Gasteiger partial charge in [0.15, 0.2) is 0 Å². The molecule has 0 saturated carbocycles. The zero-order chi connectivity index (χ0) is 82.4. The van der Waals surface area contributed by atoms with Crippen LogP contribution in [0.1, 0.15) is 0 Å². The van der Waals surface area contributed by atoms with Gasteiger partial charge in [-0.3, -0.25) is 0 Å². The van der Waals surface area contributed by atoms with E-state index in [2.05, 4.69) is 340 Å². The first-order valence-electron chi connectivity index (χ1n) is 42.1. The summed E-state index contributed by atoms with van der Waals surface area (Å²) in [5.74, 6) is 0. The molecule has 0 amide bonds. The van der Waals surface area contributed by atoms with E-state index in [-0.39, 0.29) is 0 Å². The molecule has 6 heterocycles. The van der Waals surface area contributed by atoms with Gasteiger partial charge in [0.05, 0.1) is 67.3 Å². The average Bonchev–Trinajstić information content (AvgIpc) is 1.33. The molecule has 125 heavy (non-hydrogen) atoms. The van der Waals surface area contributed by atoms with Gasteiger partial charge in [0.2, 0.25) is 0 Å². The van der Waals surface area contributed by atoms with Crippen molar-refractivity contribution in [3.63, 3.8) is 0 Å². The molecule has 0 radical (unpaired) electrons. The minimum atomic E-state index is 0.879. The van der Waals surface area contributed by atoms with Gasteiger partial charge in [0.1, 0.15) is 11.2 Å². The van der Waals surface area contributed by atoms with Crippen molar-refractivity contribution < 1.29 is 4.42 Å². The minimum Gasteiger partial charge on any atom is -0.455 e. The lowest BCUT2D eigenvalue weighted by Gasteiger charge is -2.13. The zero-order valence-electron chi connectivity index (χ0n) is 67.3.